The molecule has 0 bridgehead atoms. The van der Waals surface area contributed by atoms with Crippen LogP contribution in [0.2, 0.25) is 0 Å². The Hall–Kier alpha value is -3.14. The molecule has 0 aliphatic carbocycles. The van der Waals surface area contributed by atoms with Gasteiger partial charge < -0.3 is 9.47 Å². The van der Waals surface area contributed by atoms with Gasteiger partial charge in [0.05, 0.1) is 12.9 Å². The van der Waals surface area contributed by atoms with E-state index in [0.717, 1.165) is 11.3 Å². The Morgan fingerprint density at radius 2 is 1.00 bits per heavy atom. The van der Waals surface area contributed by atoms with Gasteiger partial charge in [-0.25, -0.2) is 0 Å². The first-order valence-corrected chi connectivity index (χ1v) is 11.1. The fraction of sp³-hybridized carbons (Fsp3) is 0.379. The Bertz CT molecular complexity index is 954. The van der Waals surface area contributed by atoms with Crippen LogP contribution in [0.4, 0.5) is 0 Å². The van der Waals surface area contributed by atoms with Gasteiger partial charge in [0.2, 0.25) is 0 Å². The van der Waals surface area contributed by atoms with Crippen LogP contribution in [-0.2, 0) is 19.1 Å². The van der Waals surface area contributed by atoms with Crippen LogP contribution in [-0.4, -0.2) is 18.7 Å². The molecule has 0 N–H and O–H groups in total. The van der Waals surface area contributed by atoms with E-state index in [-0.39, 0.29) is 11.6 Å². The zero-order valence-electron chi connectivity index (χ0n) is 22.0. The highest BCUT2D eigenvalue weighted by molar-refractivity contribution is 6.09. The van der Waals surface area contributed by atoms with Gasteiger partial charge in [-0.2, -0.15) is 0 Å². The molecule has 0 saturated heterocycles. The molecule has 0 atom stereocenters. The SMILES string of the molecule is CC/C(=C\C=C(/C)C(=O)/C(C)=C/C=C(\C)O/C(C)=C/C=C(\C)OC)C(=O)/C(C)=C/C=C(C)C. The van der Waals surface area contributed by atoms with Crippen LogP contribution in [0.3, 0.4) is 0 Å². The van der Waals surface area contributed by atoms with E-state index in [1.54, 1.807) is 45.3 Å². The number of carbonyl (C=O) groups is 2. The van der Waals surface area contributed by atoms with E-state index in [4.69, 9.17) is 9.47 Å². The van der Waals surface area contributed by atoms with Gasteiger partial charge >= 0.3 is 0 Å². The monoisotopic (exact) mass is 452 g/mol. The summed E-state index contributed by atoms with van der Waals surface area (Å²) in [6.07, 6.45) is 15.0. The topological polar surface area (TPSA) is 52.6 Å². The van der Waals surface area contributed by atoms with Crippen molar-refractivity contribution in [3.05, 3.63) is 93.8 Å². The van der Waals surface area contributed by atoms with E-state index in [9.17, 15) is 9.59 Å². The van der Waals surface area contributed by atoms with Crippen molar-refractivity contribution < 1.29 is 19.1 Å². The van der Waals surface area contributed by atoms with E-state index in [2.05, 4.69) is 0 Å². The van der Waals surface area contributed by atoms with Gasteiger partial charge in [-0.3, -0.25) is 9.59 Å². The highest BCUT2D eigenvalue weighted by Crippen LogP contribution is 2.14. The molecule has 0 aromatic rings. The maximum absolute atomic E-state index is 12.7. The summed E-state index contributed by atoms with van der Waals surface area (Å²) < 4.78 is 10.8. The maximum atomic E-state index is 12.7. The molecule has 0 unspecified atom stereocenters. The lowest BCUT2D eigenvalue weighted by Gasteiger charge is -2.06. The number of hydrogen-bond acceptors (Lipinski definition) is 4. The van der Waals surface area contributed by atoms with E-state index in [1.807, 2.05) is 72.8 Å². The lowest BCUT2D eigenvalue weighted by atomic mass is 9.99. The molecule has 0 rings (SSSR count). The second kappa shape index (κ2) is 15.6. The quantitative estimate of drug-likeness (QED) is 0.173. The first kappa shape index (κ1) is 29.9. The molecule has 0 amide bonds. The van der Waals surface area contributed by atoms with E-state index >= 15 is 0 Å². The summed E-state index contributed by atoms with van der Waals surface area (Å²) in [5.74, 6) is 2.07. The highest BCUT2D eigenvalue weighted by Gasteiger charge is 2.10. The fourth-order valence-corrected chi connectivity index (χ4v) is 2.53. The number of Topliss-reactive ketones (excluding diaryl/α,β-unsaturated/α-hetero) is 2. The van der Waals surface area contributed by atoms with Crippen molar-refractivity contribution >= 4 is 11.6 Å². The van der Waals surface area contributed by atoms with Crippen molar-refractivity contribution in [1.29, 1.82) is 0 Å². The molecule has 33 heavy (non-hydrogen) atoms. The first-order chi connectivity index (χ1) is 15.4. The summed E-state index contributed by atoms with van der Waals surface area (Å²) in [4.78, 5) is 25.3. The van der Waals surface area contributed by atoms with E-state index in [1.165, 1.54) is 0 Å². The summed E-state index contributed by atoms with van der Waals surface area (Å²) in [5, 5.41) is 0. The number of carbonyl (C=O) groups excluding carboxylic acids is 2. The van der Waals surface area contributed by atoms with Crippen molar-refractivity contribution in [2.24, 2.45) is 0 Å². The third-order valence-corrected chi connectivity index (χ3v) is 4.71. The minimum Gasteiger partial charge on any atom is -0.501 e. The van der Waals surface area contributed by atoms with Gasteiger partial charge in [-0.05, 0) is 102 Å². The third-order valence-electron chi connectivity index (χ3n) is 4.71. The molecule has 0 aromatic heterocycles. The molecule has 0 aliphatic rings. The Labute approximate surface area is 200 Å². The molecule has 180 valence electrons. The van der Waals surface area contributed by atoms with Crippen molar-refractivity contribution in [3.63, 3.8) is 0 Å². The number of methoxy groups -OCH3 is 1. The minimum atomic E-state index is -0.0825. The summed E-state index contributed by atoms with van der Waals surface area (Å²) in [6, 6.07) is 0. The van der Waals surface area contributed by atoms with Gasteiger partial charge in [0, 0.05) is 0 Å². The largest absolute Gasteiger partial charge is 0.501 e. The van der Waals surface area contributed by atoms with Crippen LogP contribution < -0.4 is 0 Å². The molecule has 4 heteroatoms. The zero-order chi connectivity index (χ0) is 25.6. The van der Waals surface area contributed by atoms with Crippen molar-refractivity contribution in [3.8, 4) is 0 Å². The average Bonchev–Trinajstić information content (AvgIpc) is 2.78. The number of allylic oxidation sites excluding steroid dienone is 16. The molecule has 0 heterocycles. The summed E-state index contributed by atoms with van der Waals surface area (Å²) in [7, 11) is 1.61. The first-order valence-electron chi connectivity index (χ1n) is 11.1. The highest BCUT2D eigenvalue weighted by atomic mass is 16.5. The number of rotatable bonds is 12. The predicted octanol–water partition coefficient (Wildman–Crippen LogP) is 7.64. The second-order valence-corrected chi connectivity index (χ2v) is 8.13. The van der Waals surface area contributed by atoms with Gasteiger partial charge in [-0.15, -0.1) is 0 Å². The molecule has 0 aliphatic heterocycles. The van der Waals surface area contributed by atoms with Crippen molar-refractivity contribution in [2.45, 2.75) is 68.7 Å². The minimum absolute atomic E-state index is 0.00608. The Morgan fingerprint density at radius 1 is 0.576 bits per heavy atom. The molecule has 0 fully saturated rings. The molecular weight excluding hydrogens is 412 g/mol. The van der Waals surface area contributed by atoms with Crippen LogP contribution in [0, 0.1) is 0 Å². The summed E-state index contributed by atoms with van der Waals surface area (Å²) in [6.45, 7) is 16.8. The fourth-order valence-electron chi connectivity index (χ4n) is 2.53. The van der Waals surface area contributed by atoms with Crippen LogP contribution in [0.25, 0.3) is 0 Å². The molecule has 0 aromatic carbocycles. The lowest BCUT2D eigenvalue weighted by Crippen LogP contribution is -2.04. The number of ketones is 2. The molecular formula is C29H40O4. The van der Waals surface area contributed by atoms with E-state index in [0.29, 0.717) is 40.2 Å². The normalized spacial score (nSPS) is 14.8. The smallest absolute Gasteiger partial charge is 0.184 e. The lowest BCUT2D eigenvalue weighted by molar-refractivity contribution is -0.113. The van der Waals surface area contributed by atoms with E-state index < -0.39 is 0 Å². The number of ether oxygens (including phenoxy) is 2. The third kappa shape index (κ3) is 12.5. The maximum Gasteiger partial charge on any atom is 0.184 e. The number of hydrogen-bond donors (Lipinski definition) is 0. The predicted molar refractivity (Wildman–Crippen MR) is 138 cm³/mol. The Kier molecular flexibility index (Phi) is 14.1. The average molecular weight is 453 g/mol. The van der Waals surface area contributed by atoms with Crippen molar-refractivity contribution in [1.82, 2.24) is 0 Å². The standard InChI is InChI=1S/C29H40O4/c1-11-27(29(31)23(6)13-12-20(2)3)19-15-22(5)28(30)21(4)14-16-25(8)33-26(9)18-17-24(7)32-10/h12-19H,11H2,1-10H3/b21-14+,22-15+,23-13+,24-17+,25-16+,26-18+,27-19+. The summed E-state index contributed by atoms with van der Waals surface area (Å²) in [5.41, 5.74) is 3.63. The van der Waals surface area contributed by atoms with Gasteiger partial charge in [0.15, 0.2) is 11.6 Å². The van der Waals surface area contributed by atoms with Crippen LogP contribution in [0.15, 0.2) is 93.8 Å². The summed E-state index contributed by atoms with van der Waals surface area (Å²) >= 11 is 0. The molecule has 4 nitrogen and oxygen atoms in total. The van der Waals surface area contributed by atoms with Crippen LogP contribution in [0.1, 0.15) is 68.7 Å². The van der Waals surface area contributed by atoms with Gasteiger partial charge in [0.1, 0.15) is 11.5 Å². The van der Waals surface area contributed by atoms with Gasteiger partial charge in [0.25, 0.3) is 0 Å². The van der Waals surface area contributed by atoms with Crippen molar-refractivity contribution in [2.75, 3.05) is 7.11 Å². The van der Waals surface area contributed by atoms with Crippen LogP contribution >= 0.6 is 0 Å². The Balaban J connectivity index is 5.43. The molecule has 0 spiro atoms. The molecule has 0 saturated carbocycles. The Morgan fingerprint density at radius 3 is 1.48 bits per heavy atom. The zero-order valence-corrected chi connectivity index (χ0v) is 22.0. The second-order valence-electron chi connectivity index (χ2n) is 8.13. The molecule has 0 radical (unpaired) electrons. The van der Waals surface area contributed by atoms with Crippen LogP contribution in [0.5, 0.6) is 0 Å². The van der Waals surface area contributed by atoms with Gasteiger partial charge in [-0.1, -0.05) is 42.9 Å².